The molecule has 0 radical (unpaired) electrons. The number of nitrogens with one attached hydrogen (secondary N) is 1. The highest BCUT2D eigenvalue weighted by molar-refractivity contribution is 7.80. The van der Waals surface area contributed by atoms with Crippen LogP contribution < -0.4 is 11.1 Å². The molecule has 0 spiro atoms. The van der Waals surface area contributed by atoms with Gasteiger partial charge in [0.05, 0.1) is 6.04 Å². The molecule has 1 aliphatic rings. The van der Waals surface area contributed by atoms with Gasteiger partial charge in [0.1, 0.15) is 10.8 Å². The van der Waals surface area contributed by atoms with Gasteiger partial charge < -0.3 is 11.1 Å². The van der Waals surface area contributed by atoms with Crippen molar-refractivity contribution in [3.05, 3.63) is 35.1 Å². The van der Waals surface area contributed by atoms with E-state index in [1.54, 1.807) is 13.1 Å². The first-order valence-electron chi connectivity index (χ1n) is 6.56. The van der Waals surface area contributed by atoms with Crippen molar-refractivity contribution in [3.8, 4) is 0 Å². The van der Waals surface area contributed by atoms with Crippen LogP contribution in [-0.2, 0) is 11.3 Å². The molecule has 4 nitrogen and oxygen atoms in total. The topological polar surface area (TPSA) is 58.4 Å². The summed E-state index contributed by atoms with van der Waals surface area (Å²) in [6, 6.07) is 4.43. The fraction of sp³-hybridized carbons (Fsp3) is 0.429. The highest BCUT2D eigenvalue weighted by Gasteiger charge is 2.29. The number of hydrogen-bond donors (Lipinski definition) is 2. The van der Waals surface area contributed by atoms with E-state index in [1.165, 1.54) is 12.1 Å². The maximum absolute atomic E-state index is 13.6. The summed E-state index contributed by atoms with van der Waals surface area (Å²) >= 11 is 4.88. The van der Waals surface area contributed by atoms with E-state index < -0.39 is 0 Å². The Morgan fingerprint density at radius 2 is 2.30 bits per heavy atom. The van der Waals surface area contributed by atoms with Crippen LogP contribution in [0.5, 0.6) is 0 Å². The zero-order chi connectivity index (χ0) is 14.7. The van der Waals surface area contributed by atoms with Gasteiger partial charge >= 0.3 is 0 Å². The molecule has 6 heteroatoms. The third-order valence-corrected chi connectivity index (χ3v) is 3.78. The molecular weight excluding hydrogens is 277 g/mol. The van der Waals surface area contributed by atoms with Gasteiger partial charge in [0.25, 0.3) is 0 Å². The number of likely N-dealkylation sites (tertiary alicyclic amines) is 1. The molecule has 1 saturated heterocycles. The third-order valence-electron chi connectivity index (χ3n) is 3.54. The monoisotopic (exact) mass is 295 g/mol. The Morgan fingerprint density at radius 3 is 2.95 bits per heavy atom. The minimum Gasteiger partial charge on any atom is -0.389 e. The summed E-state index contributed by atoms with van der Waals surface area (Å²) in [5.74, 6) is -0.352. The highest BCUT2D eigenvalue weighted by atomic mass is 32.1. The lowest BCUT2D eigenvalue weighted by Crippen LogP contribution is -2.41. The first kappa shape index (κ1) is 14.9. The maximum atomic E-state index is 13.6. The van der Waals surface area contributed by atoms with Crippen LogP contribution in [0.3, 0.4) is 0 Å². The number of amides is 1. The first-order chi connectivity index (χ1) is 9.51. The van der Waals surface area contributed by atoms with Crippen LogP contribution in [0.1, 0.15) is 24.0 Å². The summed E-state index contributed by atoms with van der Waals surface area (Å²) in [5.41, 5.74) is 6.84. The summed E-state index contributed by atoms with van der Waals surface area (Å²) in [6.07, 6.45) is 1.80. The quantitative estimate of drug-likeness (QED) is 0.819. The summed E-state index contributed by atoms with van der Waals surface area (Å²) in [4.78, 5) is 14.0. The summed E-state index contributed by atoms with van der Waals surface area (Å²) in [6.45, 7) is 1.35. The van der Waals surface area contributed by atoms with Crippen molar-refractivity contribution in [2.24, 2.45) is 5.73 Å². The van der Waals surface area contributed by atoms with Crippen LogP contribution in [0.2, 0.25) is 0 Å². The number of thiocarbonyl (C=S) groups is 1. The molecular formula is C14H18FN3OS. The van der Waals surface area contributed by atoms with Crippen LogP contribution in [0.25, 0.3) is 0 Å². The smallest absolute Gasteiger partial charge is 0.237 e. The van der Waals surface area contributed by atoms with E-state index in [0.717, 1.165) is 24.9 Å². The van der Waals surface area contributed by atoms with Gasteiger partial charge in [-0.3, -0.25) is 9.69 Å². The molecule has 0 bridgehead atoms. The molecule has 1 aromatic carbocycles. The Balaban J connectivity index is 2.17. The van der Waals surface area contributed by atoms with Gasteiger partial charge in [0, 0.05) is 19.2 Å². The Bertz CT molecular complexity index is 535. The molecule has 20 heavy (non-hydrogen) atoms. The lowest BCUT2D eigenvalue weighted by molar-refractivity contribution is -0.125. The second-order valence-electron chi connectivity index (χ2n) is 4.96. The fourth-order valence-electron chi connectivity index (χ4n) is 2.60. The molecule has 1 heterocycles. The van der Waals surface area contributed by atoms with Crippen molar-refractivity contribution in [3.63, 3.8) is 0 Å². The number of nitrogens with zero attached hydrogens (tertiary/aromatic N) is 1. The van der Waals surface area contributed by atoms with Crippen molar-refractivity contribution in [2.45, 2.75) is 25.4 Å². The van der Waals surface area contributed by atoms with E-state index in [2.05, 4.69) is 10.2 Å². The molecule has 2 rings (SSSR count). The molecule has 0 aromatic heterocycles. The first-order valence-corrected chi connectivity index (χ1v) is 6.97. The standard InChI is InChI=1S/C14H18FN3OS/c1-17-14(19)12-3-2-4-18(12)8-9-5-10(13(16)20)7-11(15)6-9/h5-7,12H,2-4,8H2,1H3,(H2,16,20)(H,17,19). The number of halogens is 1. The molecule has 1 aromatic rings. The second-order valence-corrected chi connectivity index (χ2v) is 5.39. The predicted molar refractivity (Wildman–Crippen MR) is 79.8 cm³/mol. The van der Waals surface area contributed by atoms with Gasteiger partial charge in [0.15, 0.2) is 0 Å². The van der Waals surface area contributed by atoms with Crippen LogP contribution in [-0.4, -0.2) is 35.4 Å². The van der Waals surface area contributed by atoms with Gasteiger partial charge in [-0.15, -0.1) is 0 Å². The van der Waals surface area contributed by atoms with E-state index in [4.69, 9.17) is 18.0 Å². The zero-order valence-electron chi connectivity index (χ0n) is 11.4. The Kier molecular flexibility index (Phi) is 4.67. The Hall–Kier alpha value is -1.53. The van der Waals surface area contributed by atoms with Gasteiger partial charge in [0.2, 0.25) is 5.91 Å². The molecule has 1 atom stereocenters. The van der Waals surface area contributed by atoms with Gasteiger partial charge in [-0.05, 0) is 43.1 Å². The minimum atomic E-state index is -0.360. The van der Waals surface area contributed by atoms with E-state index in [0.29, 0.717) is 12.1 Å². The van der Waals surface area contributed by atoms with Crippen molar-refractivity contribution in [1.82, 2.24) is 10.2 Å². The molecule has 1 unspecified atom stereocenters. The zero-order valence-corrected chi connectivity index (χ0v) is 12.2. The van der Waals surface area contributed by atoms with E-state index in [1.807, 2.05) is 0 Å². The SMILES string of the molecule is CNC(=O)C1CCCN1Cc1cc(F)cc(C(N)=S)c1. The number of likely N-dealkylation sites (N-methyl/N-ethyl adjacent to an activating group) is 1. The minimum absolute atomic E-state index is 0.00784. The number of rotatable bonds is 4. The third kappa shape index (κ3) is 3.32. The fourth-order valence-corrected chi connectivity index (χ4v) is 2.72. The van der Waals surface area contributed by atoms with Crippen LogP contribution >= 0.6 is 12.2 Å². The molecule has 1 amide bonds. The highest BCUT2D eigenvalue weighted by Crippen LogP contribution is 2.21. The second kappa shape index (κ2) is 6.28. The van der Waals surface area contributed by atoms with Gasteiger partial charge in [-0.2, -0.15) is 0 Å². The Labute approximate surface area is 123 Å². The summed E-state index contributed by atoms with van der Waals surface area (Å²) < 4.78 is 13.6. The molecule has 1 aliphatic heterocycles. The number of hydrogen-bond acceptors (Lipinski definition) is 3. The van der Waals surface area contributed by atoms with E-state index in [-0.39, 0.29) is 22.8 Å². The van der Waals surface area contributed by atoms with Crippen molar-refractivity contribution < 1.29 is 9.18 Å². The number of carbonyl (C=O) groups is 1. The number of carbonyl (C=O) groups excluding carboxylic acids is 1. The van der Waals surface area contributed by atoms with E-state index in [9.17, 15) is 9.18 Å². The molecule has 1 fully saturated rings. The number of nitrogens with two attached hydrogens (primary N) is 1. The summed E-state index contributed by atoms with van der Waals surface area (Å²) in [5, 5.41) is 2.67. The lowest BCUT2D eigenvalue weighted by atomic mass is 10.1. The molecule has 0 aliphatic carbocycles. The Morgan fingerprint density at radius 1 is 1.55 bits per heavy atom. The largest absolute Gasteiger partial charge is 0.389 e. The molecule has 3 N–H and O–H groups in total. The average molecular weight is 295 g/mol. The summed E-state index contributed by atoms with van der Waals surface area (Å²) in [7, 11) is 1.63. The molecule has 0 saturated carbocycles. The van der Waals surface area contributed by atoms with Crippen LogP contribution in [0.4, 0.5) is 4.39 Å². The van der Waals surface area contributed by atoms with Gasteiger partial charge in [-0.1, -0.05) is 12.2 Å². The van der Waals surface area contributed by atoms with Gasteiger partial charge in [-0.25, -0.2) is 4.39 Å². The normalized spacial score (nSPS) is 19.0. The molecule has 108 valence electrons. The van der Waals surface area contributed by atoms with Crippen LogP contribution in [0, 0.1) is 5.82 Å². The maximum Gasteiger partial charge on any atom is 0.237 e. The van der Waals surface area contributed by atoms with Crippen molar-refractivity contribution >= 4 is 23.1 Å². The van der Waals surface area contributed by atoms with Crippen molar-refractivity contribution in [1.29, 1.82) is 0 Å². The van der Waals surface area contributed by atoms with E-state index >= 15 is 0 Å². The lowest BCUT2D eigenvalue weighted by Gasteiger charge is -2.23. The predicted octanol–water partition coefficient (Wildman–Crippen LogP) is 1.17. The van der Waals surface area contributed by atoms with Crippen molar-refractivity contribution in [2.75, 3.05) is 13.6 Å². The average Bonchev–Trinajstić information content (AvgIpc) is 2.85. The van der Waals surface area contributed by atoms with Crippen LogP contribution in [0.15, 0.2) is 18.2 Å². The number of benzene rings is 1.